The quantitative estimate of drug-likeness (QED) is 0.271. The third-order valence-electron chi connectivity index (χ3n) is 3.86. The van der Waals surface area contributed by atoms with Gasteiger partial charge in [0, 0.05) is 5.02 Å². The molecule has 0 aliphatic heterocycles. The average Bonchev–Trinajstić information content (AvgIpc) is 2.61. The maximum Gasteiger partial charge on any atom is 0.419 e. The summed E-state index contributed by atoms with van der Waals surface area (Å²) in [6, 6.07) is 5.74. The first-order chi connectivity index (χ1) is 12.8. The number of sulfonamides is 1. The van der Waals surface area contributed by atoms with Gasteiger partial charge in [0.1, 0.15) is 0 Å². The van der Waals surface area contributed by atoms with E-state index in [1.807, 2.05) is 0 Å². The van der Waals surface area contributed by atoms with Crippen LogP contribution in [0.3, 0.4) is 0 Å². The van der Waals surface area contributed by atoms with Crippen LogP contribution < -0.4 is 4.49 Å². The third-order valence-corrected chi connectivity index (χ3v) is 7.87. The van der Waals surface area contributed by atoms with E-state index < -0.39 is 17.8 Å². The lowest BCUT2D eigenvalue weighted by atomic mass is 10.2. The molecule has 0 spiro atoms. The molecule has 9 heteroatoms. The van der Waals surface area contributed by atoms with Gasteiger partial charge in [-0.2, -0.15) is 0 Å². The van der Waals surface area contributed by atoms with Gasteiger partial charge in [0.25, 0.3) is 0 Å². The molecule has 0 heterocycles. The highest BCUT2D eigenvalue weighted by Gasteiger charge is 2.32. The van der Waals surface area contributed by atoms with E-state index in [4.69, 9.17) is 20.6 Å². The van der Waals surface area contributed by atoms with E-state index in [9.17, 15) is 13.0 Å². The molecule has 0 aliphatic carbocycles. The monoisotopic (exact) mass is 439 g/mol. The smallest absolute Gasteiger partial charge is 0.296 e. The molecule has 27 heavy (non-hydrogen) atoms. The van der Waals surface area contributed by atoms with Crippen molar-refractivity contribution in [3.05, 3.63) is 29.3 Å². The van der Waals surface area contributed by atoms with Crippen LogP contribution in [-0.4, -0.2) is 21.6 Å². The number of hydrogen-bond acceptors (Lipinski definition) is 5. The maximum absolute atomic E-state index is 13.0. The number of nitrogens with one attached hydrogen (secondary N) is 1. The standard InChI is InChI=1S/C18H31ClNO5PS/c1-3-5-7-9-14-24-26(21,25-15-10-8-6-4-2)20-27(22,23)18-13-11-12-17(19)16-18/h11-13,16H,3-10,14-15H2,1-2H3,(H,20,21). The van der Waals surface area contributed by atoms with Gasteiger partial charge in [-0.15, -0.1) is 4.49 Å². The van der Waals surface area contributed by atoms with Gasteiger partial charge in [0.15, 0.2) is 0 Å². The van der Waals surface area contributed by atoms with Crippen LogP contribution in [0.15, 0.2) is 29.2 Å². The molecule has 1 aromatic rings. The Morgan fingerprint density at radius 3 is 2.00 bits per heavy atom. The van der Waals surface area contributed by atoms with E-state index in [2.05, 4.69) is 18.3 Å². The van der Waals surface area contributed by atoms with Gasteiger partial charge in [-0.1, -0.05) is 70.0 Å². The van der Waals surface area contributed by atoms with Crippen LogP contribution in [0.4, 0.5) is 0 Å². The summed E-state index contributed by atoms with van der Waals surface area (Å²) in [5, 5.41) is 0.272. The molecule has 0 bridgehead atoms. The van der Waals surface area contributed by atoms with Crippen LogP contribution in [0.1, 0.15) is 65.2 Å². The van der Waals surface area contributed by atoms with E-state index in [0.717, 1.165) is 38.5 Å². The number of rotatable bonds is 15. The van der Waals surface area contributed by atoms with Crippen LogP contribution in [0.25, 0.3) is 0 Å². The second-order valence-corrected chi connectivity index (χ2v) is 10.5. The highest BCUT2D eigenvalue weighted by molar-refractivity contribution is 7.94. The van der Waals surface area contributed by atoms with Crippen molar-refractivity contribution in [2.75, 3.05) is 13.2 Å². The van der Waals surface area contributed by atoms with Crippen molar-refractivity contribution in [3.63, 3.8) is 0 Å². The number of halogens is 1. The Morgan fingerprint density at radius 2 is 1.52 bits per heavy atom. The van der Waals surface area contributed by atoms with Crippen molar-refractivity contribution in [1.29, 1.82) is 0 Å². The minimum absolute atomic E-state index is 0.0839. The first kappa shape index (κ1) is 24.6. The molecule has 0 atom stereocenters. The zero-order valence-electron chi connectivity index (χ0n) is 16.2. The Kier molecular flexibility index (Phi) is 11.8. The van der Waals surface area contributed by atoms with E-state index in [1.165, 1.54) is 18.2 Å². The first-order valence-electron chi connectivity index (χ1n) is 9.51. The molecule has 1 aromatic carbocycles. The highest BCUT2D eigenvalue weighted by Crippen LogP contribution is 2.46. The van der Waals surface area contributed by atoms with Crippen LogP contribution in [0.2, 0.25) is 5.02 Å². The van der Waals surface area contributed by atoms with Gasteiger partial charge < -0.3 is 0 Å². The fourth-order valence-electron chi connectivity index (χ4n) is 2.35. The molecule has 1 N–H and O–H groups in total. The highest BCUT2D eigenvalue weighted by atomic mass is 35.5. The fraction of sp³-hybridized carbons (Fsp3) is 0.667. The molecular formula is C18H31ClNO5PS. The van der Waals surface area contributed by atoms with Gasteiger partial charge in [-0.25, -0.2) is 13.0 Å². The summed E-state index contributed by atoms with van der Waals surface area (Å²) in [7, 11) is -8.08. The predicted molar refractivity (Wildman–Crippen MR) is 110 cm³/mol. The minimum atomic E-state index is -4.08. The molecule has 0 amide bonds. The second-order valence-electron chi connectivity index (χ2n) is 6.34. The molecule has 6 nitrogen and oxygen atoms in total. The van der Waals surface area contributed by atoms with Crippen LogP contribution >= 0.6 is 19.3 Å². The zero-order chi connectivity index (χ0) is 20.2. The van der Waals surface area contributed by atoms with Crippen molar-refractivity contribution >= 4 is 29.4 Å². The topological polar surface area (TPSA) is 81.7 Å². The van der Waals surface area contributed by atoms with E-state index in [1.54, 1.807) is 6.07 Å². The van der Waals surface area contributed by atoms with Gasteiger partial charge in [0.2, 0.25) is 10.0 Å². The molecule has 1 rings (SSSR count). The van der Waals surface area contributed by atoms with Crippen LogP contribution in [-0.2, 0) is 23.6 Å². The Balaban J connectivity index is 2.77. The predicted octanol–water partition coefficient (Wildman–Crippen LogP) is 5.92. The zero-order valence-corrected chi connectivity index (χ0v) is 18.6. The summed E-state index contributed by atoms with van der Waals surface area (Å²) in [6.07, 6.45) is 7.44. The molecule has 0 saturated carbocycles. The minimum Gasteiger partial charge on any atom is -0.296 e. The fourth-order valence-corrected chi connectivity index (χ4v) is 5.98. The Bertz CT molecular complexity index is 681. The van der Waals surface area contributed by atoms with Crippen molar-refractivity contribution < 1.29 is 22.0 Å². The summed E-state index contributed by atoms with van der Waals surface area (Å²) < 4.78 is 51.0. The van der Waals surface area contributed by atoms with Gasteiger partial charge in [0.05, 0.1) is 18.1 Å². The first-order valence-corrected chi connectivity index (χ1v) is 12.9. The van der Waals surface area contributed by atoms with Crippen molar-refractivity contribution in [1.82, 2.24) is 4.49 Å². The summed E-state index contributed by atoms with van der Waals surface area (Å²) in [5.74, 6) is 0. The largest absolute Gasteiger partial charge is 0.419 e. The molecule has 156 valence electrons. The Labute approximate surface area is 168 Å². The van der Waals surface area contributed by atoms with Crippen LogP contribution in [0.5, 0.6) is 0 Å². The second kappa shape index (κ2) is 12.9. The summed E-state index contributed by atoms with van der Waals surface area (Å²) >= 11 is 5.86. The molecule has 0 aliphatic rings. The van der Waals surface area contributed by atoms with E-state index >= 15 is 0 Å². The lowest BCUT2D eigenvalue weighted by molar-refractivity contribution is 0.194. The lowest BCUT2D eigenvalue weighted by Gasteiger charge is -2.19. The summed E-state index contributed by atoms with van der Waals surface area (Å²) in [6.45, 7) is 4.52. The molecule has 0 radical (unpaired) electrons. The molecule has 0 aromatic heterocycles. The van der Waals surface area contributed by atoms with Gasteiger partial charge in [-0.05, 0) is 31.0 Å². The van der Waals surface area contributed by atoms with Crippen molar-refractivity contribution in [3.8, 4) is 0 Å². The van der Waals surface area contributed by atoms with Crippen molar-refractivity contribution in [2.24, 2.45) is 0 Å². The molecule has 0 unspecified atom stereocenters. The Morgan fingerprint density at radius 1 is 0.963 bits per heavy atom. The molecule has 0 fully saturated rings. The maximum atomic E-state index is 13.0. The third kappa shape index (κ3) is 10.1. The normalized spacial score (nSPS) is 12.4. The van der Waals surface area contributed by atoms with Gasteiger partial charge >= 0.3 is 7.75 Å². The SMILES string of the molecule is CCCCCCOP(=O)(NS(=O)(=O)c1cccc(Cl)c1)OCCCCCC. The average molecular weight is 440 g/mol. The van der Waals surface area contributed by atoms with E-state index in [0.29, 0.717) is 12.8 Å². The lowest BCUT2D eigenvalue weighted by Crippen LogP contribution is -2.24. The van der Waals surface area contributed by atoms with Crippen molar-refractivity contribution in [2.45, 2.75) is 70.1 Å². The summed E-state index contributed by atoms with van der Waals surface area (Å²) in [5.41, 5.74) is 0. The van der Waals surface area contributed by atoms with Crippen LogP contribution in [0, 0.1) is 0 Å². The number of unbranched alkanes of at least 4 members (excludes halogenated alkanes) is 6. The summed E-state index contributed by atoms with van der Waals surface area (Å²) in [4.78, 5) is -0.0839. The number of hydrogen-bond donors (Lipinski definition) is 1. The molecule has 0 saturated heterocycles. The van der Waals surface area contributed by atoms with Gasteiger partial charge in [-0.3, -0.25) is 9.05 Å². The Hall–Kier alpha value is -0.430. The number of benzene rings is 1. The molecular weight excluding hydrogens is 409 g/mol. The van der Waals surface area contributed by atoms with E-state index in [-0.39, 0.29) is 23.1 Å².